The molecule has 1 atom stereocenters. The van der Waals surface area contributed by atoms with Gasteiger partial charge < -0.3 is 14.5 Å². The highest BCUT2D eigenvalue weighted by atomic mass is 19.1. The van der Waals surface area contributed by atoms with Crippen molar-refractivity contribution in [2.24, 2.45) is 5.16 Å². The number of rotatable bonds is 7. The first-order chi connectivity index (χ1) is 15.5. The molecular weight excluding hydrogens is 414 g/mol. The predicted molar refractivity (Wildman–Crippen MR) is 117 cm³/mol. The highest BCUT2D eigenvalue weighted by molar-refractivity contribution is 6.01. The lowest BCUT2D eigenvalue weighted by Crippen LogP contribution is -2.37. The molecule has 3 aromatic carbocycles. The van der Waals surface area contributed by atoms with Gasteiger partial charge in [-0.25, -0.2) is 8.78 Å². The van der Waals surface area contributed by atoms with Crippen molar-refractivity contribution in [3.05, 3.63) is 101 Å². The van der Waals surface area contributed by atoms with Crippen molar-refractivity contribution in [1.82, 2.24) is 4.90 Å². The normalized spacial score (nSPS) is 15.1. The molecule has 0 aromatic heterocycles. The number of carbonyl (C=O) groups excluding carboxylic acids is 1. The van der Waals surface area contributed by atoms with Gasteiger partial charge in [0, 0.05) is 18.5 Å². The molecule has 0 spiro atoms. The van der Waals surface area contributed by atoms with E-state index in [-0.39, 0.29) is 24.5 Å². The Bertz CT molecular complexity index is 1150. The van der Waals surface area contributed by atoms with E-state index in [4.69, 9.17) is 9.57 Å². The number of hydrogen-bond acceptors (Lipinski definition) is 4. The number of benzene rings is 3. The average Bonchev–Trinajstić information content (AvgIpc) is 3.27. The van der Waals surface area contributed by atoms with Crippen LogP contribution in [-0.4, -0.2) is 36.3 Å². The molecule has 0 saturated heterocycles. The lowest BCUT2D eigenvalue weighted by molar-refractivity contribution is 0.0402. The number of ether oxygens (including phenoxy) is 1. The Morgan fingerprint density at radius 3 is 2.69 bits per heavy atom. The first kappa shape index (κ1) is 21.5. The third-order valence-corrected chi connectivity index (χ3v) is 5.21. The summed E-state index contributed by atoms with van der Waals surface area (Å²) in [5, 5.41) is 4.08. The summed E-state index contributed by atoms with van der Waals surface area (Å²) < 4.78 is 33.2. The Balaban J connectivity index is 1.54. The molecule has 0 unspecified atom stereocenters. The van der Waals surface area contributed by atoms with E-state index in [1.165, 1.54) is 35.2 Å². The van der Waals surface area contributed by atoms with Crippen molar-refractivity contribution in [3.63, 3.8) is 0 Å². The van der Waals surface area contributed by atoms with Crippen LogP contribution in [0.1, 0.15) is 27.9 Å². The average molecular weight is 436 g/mol. The van der Waals surface area contributed by atoms with Crippen LogP contribution in [0.15, 0.2) is 78.0 Å². The van der Waals surface area contributed by atoms with Crippen LogP contribution in [0, 0.1) is 11.6 Å². The number of amides is 1. The fourth-order valence-corrected chi connectivity index (χ4v) is 3.63. The van der Waals surface area contributed by atoms with Gasteiger partial charge in [0.2, 0.25) is 0 Å². The summed E-state index contributed by atoms with van der Waals surface area (Å²) in [5.41, 5.74) is 2.06. The number of hydrogen-bond donors (Lipinski definition) is 0. The summed E-state index contributed by atoms with van der Waals surface area (Å²) in [7, 11) is 1.57. The molecule has 1 aliphatic heterocycles. The van der Waals surface area contributed by atoms with E-state index in [2.05, 4.69) is 5.16 Å². The Hall–Kier alpha value is -3.74. The third-order valence-electron chi connectivity index (χ3n) is 5.21. The molecule has 0 fully saturated rings. The number of oxime groups is 1. The molecular formula is C25H22F2N2O3. The molecule has 1 amide bonds. The molecule has 7 heteroatoms. The van der Waals surface area contributed by atoms with Crippen LogP contribution in [0.25, 0.3) is 0 Å². The van der Waals surface area contributed by atoms with E-state index in [0.717, 1.165) is 5.56 Å². The lowest BCUT2D eigenvalue weighted by atomic mass is 10.0. The molecule has 0 radical (unpaired) electrons. The van der Waals surface area contributed by atoms with Gasteiger partial charge in [-0.15, -0.1) is 0 Å². The van der Waals surface area contributed by atoms with Crippen LogP contribution in [0.4, 0.5) is 8.78 Å². The second kappa shape index (κ2) is 9.60. The number of methoxy groups -OCH3 is 1. The maximum Gasteiger partial charge on any atom is 0.257 e. The Labute approximate surface area is 184 Å². The maximum atomic E-state index is 14.3. The van der Waals surface area contributed by atoms with Crippen LogP contribution in [0.5, 0.6) is 5.75 Å². The zero-order valence-electron chi connectivity index (χ0n) is 17.5. The van der Waals surface area contributed by atoms with Crippen molar-refractivity contribution >= 4 is 11.6 Å². The van der Waals surface area contributed by atoms with Gasteiger partial charge in [0.15, 0.2) is 6.10 Å². The van der Waals surface area contributed by atoms with Gasteiger partial charge in [-0.1, -0.05) is 41.6 Å². The summed E-state index contributed by atoms with van der Waals surface area (Å²) in [6.45, 7) is 0.423. The minimum Gasteiger partial charge on any atom is -0.497 e. The van der Waals surface area contributed by atoms with Crippen molar-refractivity contribution < 1.29 is 23.1 Å². The van der Waals surface area contributed by atoms with Gasteiger partial charge in [-0.2, -0.15) is 0 Å². The standard InChI is InChI=1S/C25H22F2N2O3/c1-31-20-9-4-6-17(12-20)15-29(25(30)22-10-2-3-11-23(22)27)16-21-14-24(28-32-21)18-7-5-8-19(26)13-18/h2-13,21H,14-16H2,1H3/t21-/m0/s1. The zero-order valence-corrected chi connectivity index (χ0v) is 17.5. The number of nitrogens with zero attached hydrogens (tertiary/aromatic N) is 2. The molecule has 3 aromatic rings. The lowest BCUT2D eigenvalue weighted by Gasteiger charge is -2.25. The fraction of sp³-hybridized carbons (Fsp3) is 0.200. The second-order valence-electron chi connectivity index (χ2n) is 7.50. The highest BCUT2D eigenvalue weighted by Gasteiger charge is 2.28. The van der Waals surface area contributed by atoms with E-state index >= 15 is 0 Å². The molecule has 0 saturated carbocycles. The van der Waals surface area contributed by atoms with E-state index < -0.39 is 17.8 Å². The first-order valence-corrected chi connectivity index (χ1v) is 10.2. The first-order valence-electron chi connectivity index (χ1n) is 10.2. The minimum atomic E-state index is -0.586. The van der Waals surface area contributed by atoms with Crippen molar-refractivity contribution in [2.45, 2.75) is 19.1 Å². The number of halogens is 2. The van der Waals surface area contributed by atoms with Gasteiger partial charge in [0.25, 0.3) is 5.91 Å². The highest BCUT2D eigenvalue weighted by Crippen LogP contribution is 2.22. The van der Waals surface area contributed by atoms with Crippen LogP contribution in [0.2, 0.25) is 0 Å². The number of carbonyl (C=O) groups is 1. The molecule has 0 N–H and O–H groups in total. The summed E-state index contributed by atoms with van der Waals surface area (Å²) >= 11 is 0. The van der Waals surface area contributed by atoms with Gasteiger partial charge >= 0.3 is 0 Å². The van der Waals surface area contributed by atoms with Gasteiger partial charge in [0.05, 0.1) is 24.9 Å². The molecule has 164 valence electrons. The topological polar surface area (TPSA) is 51.1 Å². The van der Waals surface area contributed by atoms with Crippen molar-refractivity contribution in [1.29, 1.82) is 0 Å². The fourth-order valence-electron chi connectivity index (χ4n) is 3.63. The van der Waals surface area contributed by atoms with Crippen LogP contribution >= 0.6 is 0 Å². The van der Waals surface area contributed by atoms with Gasteiger partial charge in [-0.05, 0) is 42.0 Å². The largest absolute Gasteiger partial charge is 0.497 e. The van der Waals surface area contributed by atoms with E-state index in [9.17, 15) is 13.6 Å². The van der Waals surface area contributed by atoms with Crippen LogP contribution in [-0.2, 0) is 11.4 Å². The van der Waals surface area contributed by atoms with Crippen LogP contribution in [0.3, 0.4) is 0 Å². The molecule has 0 aliphatic carbocycles. The summed E-state index contributed by atoms with van der Waals surface area (Å²) in [6, 6.07) is 19.3. The monoisotopic (exact) mass is 436 g/mol. The SMILES string of the molecule is COc1cccc(CN(C[C@@H]2CC(c3cccc(F)c3)=NO2)C(=O)c2ccccc2F)c1. The minimum absolute atomic E-state index is 0.0142. The Morgan fingerprint density at radius 2 is 1.91 bits per heavy atom. The van der Waals surface area contributed by atoms with Crippen LogP contribution < -0.4 is 4.74 Å². The zero-order chi connectivity index (χ0) is 22.5. The Kier molecular flexibility index (Phi) is 6.44. The molecule has 1 aliphatic rings. The molecule has 5 nitrogen and oxygen atoms in total. The predicted octanol–water partition coefficient (Wildman–Crippen LogP) is 4.81. The van der Waals surface area contributed by atoms with E-state index in [1.54, 1.807) is 25.3 Å². The van der Waals surface area contributed by atoms with Crippen molar-refractivity contribution in [2.75, 3.05) is 13.7 Å². The van der Waals surface area contributed by atoms with Crippen molar-refractivity contribution in [3.8, 4) is 5.75 Å². The van der Waals surface area contributed by atoms with Gasteiger partial charge in [-0.3, -0.25) is 4.79 Å². The maximum absolute atomic E-state index is 14.3. The molecule has 1 heterocycles. The smallest absolute Gasteiger partial charge is 0.257 e. The second-order valence-corrected chi connectivity index (χ2v) is 7.50. The summed E-state index contributed by atoms with van der Waals surface area (Å²) in [6.07, 6.45) is -0.0302. The summed E-state index contributed by atoms with van der Waals surface area (Å²) in [5.74, 6) is -0.733. The summed E-state index contributed by atoms with van der Waals surface area (Å²) in [4.78, 5) is 20.3. The third kappa shape index (κ3) is 4.94. The molecule has 32 heavy (non-hydrogen) atoms. The Morgan fingerprint density at radius 1 is 1.09 bits per heavy atom. The molecule has 0 bridgehead atoms. The molecule has 4 rings (SSSR count). The quantitative estimate of drug-likeness (QED) is 0.534. The van der Waals surface area contributed by atoms with E-state index in [0.29, 0.717) is 23.4 Å². The van der Waals surface area contributed by atoms with E-state index in [1.807, 2.05) is 24.3 Å². The van der Waals surface area contributed by atoms with Gasteiger partial charge in [0.1, 0.15) is 17.4 Å².